The number of imide groups is 2. The normalized spacial score (nSPS) is 19.7. The van der Waals surface area contributed by atoms with Gasteiger partial charge in [0.15, 0.2) is 0 Å². The summed E-state index contributed by atoms with van der Waals surface area (Å²) in [6, 6.07) is 17.8. The number of anilines is 1. The minimum atomic E-state index is -1.00. The lowest BCUT2D eigenvalue weighted by Gasteiger charge is -2.33. The summed E-state index contributed by atoms with van der Waals surface area (Å²) in [6.45, 7) is 4.14. The zero-order valence-corrected chi connectivity index (χ0v) is 26.9. The Hall–Kier alpha value is -5.40. The van der Waals surface area contributed by atoms with Crippen LogP contribution in [-0.2, 0) is 14.3 Å². The summed E-state index contributed by atoms with van der Waals surface area (Å²) in [6.07, 6.45) is 4.29. The second-order valence-electron chi connectivity index (χ2n) is 12.6. The molecule has 4 N–H and O–H groups in total. The van der Waals surface area contributed by atoms with E-state index in [1.165, 1.54) is 5.56 Å². The average Bonchev–Trinajstić information content (AvgIpc) is 3.65. The molecule has 2 saturated heterocycles. The molecule has 2 unspecified atom stereocenters. The molecule has 0 spiro atoms. The van der Waals surface area contributed by atoms with E-state index in [9.17, 15) is 24.0 Å². The van der Waals surface area contributed by atoms with Crippen LogP contribution >= 0.6 is 0 Å². The molecule has 2 fully saturated rings. The number of nitrogens with one attached hydrogen (secondary N) is 2. The highest BCUT2D eigenvalue weighted by molar-refractivity contribution is 6.25. The minimum Gasteiger partial charge on any atom is -0.382 e. The van der Waals surface area contributed by atoms with E-state index in [0.717, 1.165) is 48.4 Å². The molecule has 7 rings (SSSR count). The smallest absolute Gasteiger partial charge is 0.264 e. The summed E-state index contributed by atoms with van der Waals surface area (Å²) >= 11 is 0. The Morgan fingerprint density at radius 2 is 1.80 bits per heavy atom. The van der Waals surface area contributed by atoms with Crippen LogP contribution in [0.4, 0.5) is 5.69 Å². The number of hydrogen-bond donors (Lipinski definition) is 3. The zero-order chi connectivity index (χ0) is 34.1. The molecule has 13 nitrogen and oxygen atoms in total. The van der Waals surface area contributed by atoms with Crippen molar-refractivity contribution in [1.82, 2.24) is 24.9 Å². The van der Waals surface area contributed by atoms with Gasteiger partial charge in [-0.05, 0) is 67.6 Å². The molecule has 2 atom stereocenters. The minimum absolute atomic E-state index is 0.0739. The Balaban J connectivity index is 0.884. The summed E-state index contributed by atoms with van der Waals surface area (Å²) in [5.74, 6) is -2.20. The number of rotatable bonds is 11. The van der Waals surface area contributed by atoms with E-state index in [1.54, 1.807) is 35.0 Å². The van der Waals surface area contributed by atoms with Gasteiger partial charge in [0.2, 0.25) is 11.8 Å². The Labute approximate surface area is 282 Å². The molecule has 252 valence electrons. The van der Waals surface area contributed by atoms with Gasteiger partial charge in [-0.3, -0.25) is 34.2 Å². The SMILES string of the molecule is NC(=O)c1cccc2cn(-c3ccc(C4CCCN(CCOCCNc5cccc6c5C(=O)N(C5CCC(=O)NC5=O)C6=O)C4)cc3)nc12. The number of piperidine rings is 2. The molecule has 4 heterocycles. The van der Waals surface area contributed by atoms with Gasteiger partial charge >= 0.3 is 0 Å². The van der Waals surface area contributed by atoms with Crippen LogP contribution in [0.3, 0.4) is 0 Å². The van der Waals surface area contributed by atoms with Crippen LogP contribution in [0.2, 0.25) is 0 Å². The largest absolute Gasteiger partial charge is 0.382 e. The van der Waals surface area contributed by atoms with Gasteiger partial charge in [-0.2, -0.15) is 5.10 Å². The van der Waals surface area contributed by atoms with Gasteiger partial charge in [-0.25, -0.2) is 4.68 Å². The van der Waals surface area contributed by atoms with Gasteiger partial charge in [-0.15, -0.1) is 0 Å². The fourth-order valence-electron chi connectivity index (χ4n) is 7.02. The molecule has 0 aliphatic carbocycles. The molecular weight excluding hydrogens is 626 g/mol. The van der Waals surface area contributed by atoms with Gasteiger partial charge in [-0.1, -0.05) is 30.3 Å². The summed E-state index contributed by atoms with van der Waals surface area (Å²) in [5, 5.41) is 10.9. The summed E-state index contributed by atoms with van der Waals surface area (Å²) in [7, 11) is 0. The number of primary amides is 1. The van der Waals surface area contributed by atoms with E-state index < -0.39 is 35.6 Å². The first kappa shape index (κ1) is 32.2. The van der Waals surface area contributed by atoms with E-state index in [4.69, 9.17) is 10.5 Å². The fraction of sp³-hybridized carbons (Fsp3) is 0.333. The molecule has 49 heavy (non-hydrogen) atoms. The van der Waals surface area contributed by atoms with Crippen LogP contribution in [0.25, 0.3) is 16.6 Å². The van der Waals surface area contributed by atoms with E-state index in [0.29, 0.717) is 42.4 Å². The van der Waals surface area contributed by atoms with Gasteiger partial charge < -0.3 is 20.7 Å². The number of carbonyl (C=O) groups excluding carboxylic acids is 5. The van der Waals surface area contributed by atoms with Crippen LogP contribution in [0.15, 0.2) is 66.9 Å². The number of nitrogens with two attached hydrogens (primary N) is 1. The number of amides is 5. The highest BCUT2D eigenvalue weighted by atomic mass is 16.5. The molecule has 1 aromatic heterocycles. The quantitative estimate of drug-likeness (QED) is 0.161. The van der Waals surface area contributed by atoms with Gasteiger partial charge in [0, 0.05) is 43.3 Å². The third kappa shape index (κ3) is 6.42. The summed E-state index contributed by atoms with van der Waals surface area (Å²) < 4.78 is 7.71. The topological polar surface area (TPSA) is 169 Å². The summed E-state index contributed by atoms with van der Waals surface area (Å²) in [4.78, 5) is 65.5. The average molecular weight is 664 g/mol. The number of ether oxygens (including phenoxy) is 1. The maximum Gasteiger partial charge on any atom is 0.264 e. The van der Waals surface area contributed by atoms with Crippen molar-refractivity contribution in [3.63, 3.8) is 0 Å². The lowest BCUT2D eigenvalue weighted by molar-refractivity contribution is -0.136. The first-order valence-electron chi connectivity index (χ1n) is 16.6. The second-order valence-corrected chi connectivity index (χ2v) is 12.6. The lowest BCUT2D eigenvalue weighted by Crippen LogP contribution is -2.54. The van der Waals surface area contributed by atoms with Crippen molar-refractivity contribution >= 4 is 46.1 Å². The third-order valence-corrected chi connectivity index (χ3v) is 9.52. The van der Waals surface area contributed by atoms with Crippen LogP contribution in [0.1, 0.15) is 68.2 Å². The van der Waals surface area contributed by atoms with E-state index in [2.05, 4.69) is 44.9 Å². The predicted octanol–water partition coefficient (Wildman–Crippen LogP) is 2.83. The number of benzene rings is 3. The van der Waals surface area contributed by atoms with Gasteiger partial charge in [0.1, 0.15) is 11.6 Å². The Morgan fingerprint density at radius 3 is 2.59 bits per heavy atom. The Kier molecular flexibility index (Phi) is 8.93. The van der Waals surface area contributed by atoms with Crippen molar-refractivity contribution in [1.29, 1.82) is 0 Å². The predicted molar refractivity (Wildman–Crippen MR) is 180 cm³/mol. The molecule has 3 aromatic carbocycles. The fourth-order valence-corrected chi connectivity index (χ4v) is 7.02. The van der Waals surface area contributed by atoms with E-state index in [1.807, 2.05) is 12.3 Å². The molecule has 4 aromatic rings. The van der Waals surface area contributed by atoms with Crippen molar-refractivity contribution in [3.05, 3.63) is 89.1 Å². The highest BCUT2D eigenvalue weighted by Crippen LogP contribution is 2.32. The Morgan fingerprint density at radius 1 is 0.980 bits per heavy atom. The lowest BCUT2D eigenvalue weighted by atomic mass is 9.90. The number of nitrogens with zero attached hydrogens (tertiary/aromatic N) is 4. The monoisotopic (exact) mass is 663 g/mol. The van der Waals surface area contributed by atoms with Gasteiger partial charge in [0.25, 0.3) is 17.7 Å². The summed E-state index contributed by atoms with van der Waals surface area (Å²) in [5.41, 5.74) is 9.69. The maximum atomic E-state index is 13.3. The van der Waals surface area contributed by atoms with Crippen molar-refractivity contribution in [2.75, 3.05) is 44.7 Å². The number of fused-ring (bicyclic) bond motifs is 2. The van der Waals surface area contributed by atoms with E-state index >= 15 is 0 Å². The molecule has 0 radical (unpaired) electrons. The van der Waals surface area contributed by atoms with E-state index in [-0.39, 0.29) is 24.0 Å². The molecule has 13 heteroatoms. The first-order valence-corrected chi connectivity index (χ1v) is 16.6. The van der Waals surface area contributed by atoms with Crippen molar-refractivity contribution in [3.8, 4) is 5.69 Å². The number of aromatic nitrogens is 2. The molecule has 0 bridgehead atoms. The van der Waals surface area contributed by atoms with Crippen molar-refractivity contribution in [2.45, 2.75) is 37.6 Å². The van der Waals surface area contributed by atoms with Crippen molar-refractivity contribution in [2.24, 2.45) is 5.73 Å². The number of hydrogen-bond acceptors (Lipinski definition) is 9. The van der Waals surface area contributed by atoms with Crippen LogP contribution in [-0.4, -0.2) is 94.6 Å². The molecule has 3 aliphatic rings. The van der Waals surface area contributed by atoms with Gasteiger partial charge in [0.05, 0.1) is 35.6 Å². The van der Waals surface area contributed by atoms with Crippen molar-refractivity contribution < 1.29 is 28.7 Å². The van der Waals surface area contributed by atoms with Crippen LogP contribution in [0, 0.1) is 0 Å². The highest BCUT2D eigenvalue weighted by Gasteiger charge is 2.45. The Bertz CT molecular complexity index is 1950. The number of carbonyl (C=O) groups is 5. The molecule has 0 saturated carbocycles. The maximum absolute atomic E-state index is 13.3. The van der Waals surface area contributed by atoms with Crippen LogP contribution in [0.5, 0.6) is 0 Å². The molecule has 5 amide bonds. The van der Waals surface area contributed by atoms with Crippen LogP contribution < -0.4 is 16.4 Å². The second kappa shape index (κ2) is 13.6. The molecular formula is C36H37N7O6. The molecule has 3 aliphatic heterocycles. The third-order valence-electron chi connectivity index (χ3n) is 9.52. The standard InChI is InChI=1S/C36H37N7O6/c37-33(45)27-7-1-4-24-21-42(40-32(24)27)25-11-9-22(10-12-25)23-5-3-16-41(20-23)17-19-49-18-15-38-28-8-2-6-26-31(28)36(48)43(35(26)47)29-13-14-30(44)39-34(29)46/h1-2,4,6-12,21,23,29,38H,3,5,13-20H2,(H2,37,45)(H,39,44,46). The zero-order valence-electron chi connectivity index (χ0n) is 26.9. The first-order chi connectivity index (χ1) is 23.8. The number of likely N-dealkylation sites (tertiary alicyclic amines) is 1.